The molecule has 2 heterocycles. The van der Waals surface area contributed by atoms with E-state index in [-0.39, 0.29) is 0 Å². The van der Waals surface area contributed by atoms with Gasteiger partial charge >= 0.3 is 5.97 Å². The Balaban J connectivity index is 2.00. The van der Waals surface area contributed by atoms with Crippen molar-refractivity contribution in [2.24, 2.45) is 0 Å². The van der Waals surface area contributed by atoms with E-state index in [1.165, 1.54) is 16.9 Å². The third kappa shape index (κ3) is 2.13. The van der Waals surface area contributed by atoms with Gasteiger partial charge in [0.15, 0.2) is 4.96 Å². The number of rotatable bonds is 3. The summed E-state index contributed by atoms with van der Waals surface area (Å²) < 4.78 is 1.76. The minimum Gasteiger partial charge on any atom is -0.477 e. The molecule has 3 rings (SSSR count). The highest BCUT2D eigenvalue weighted by molar-refractivity contribution is 7.18. The van der Waals surface area contributed by atoms with Crippen LogP contribution in [0.1, 0.15) is 22.2 Å². The van der Waals surface area contributed by atoms with Crippen molar-refractivity contribution in [1.82, 2.24) is 9.38 Å². The lowest BCUT2D eigenvalue weighted by molar-refractivity contribution is 0.0702. The fraction of sp³-hybridized carbons (Fsp3) is 0.143. The summed E-state index contributed by atoms with van der Waals surface area (Å²) in [7, 11) is 0. The zero-order chi connectivity index (χ0) is 13.4. The minimum atomic E-state index is -0.913. The van der Waals surface area contributed by atoms with Crippen molar-refractivity contribution in [2.45, 2.75) is 13.3 Å². The lowest BCUT2D eigenvalue weighted by atomic mass is 10.1. The van der Waals surface area contributed by atoms with E-state index in [2.05, 4.69) is 24.0 Å². The van der Waals surface area contributed by atoms with E-state index in [0.717, 1.165) is 17.7 Å². The maximum absolute atomic E-state index is 10.9. The Morgan fingerprint density at radius 2 is 2.05 bits per heavy atom. The van der Waals surface area contributed by atoms with Gasteiger partial charge in [-0.3, -0.25) is 4.40 Å². The van der Waals surface area contributed by atoms with Gasteiger partial charge < -0.3 is 5.11 Å². The van der Waals surface area contributed by atoms with Crippen molar-refractivity contribution in [3.05, 3.63) is 47.1 Å². The van der Waals surface area contributed by atoms with Gasteiger partial charge in [-0.2, -0.15) is 0 Å². The largest absolute Gasteiger partial charge is 0.477 e. The number of thiazole rings is 1. The molecule has 0 aliphatic heterocycles. The van der Waals surface area contributed by atoms with E-state index in [1.54, 1.807) is 10.6 Å². The second-order valence-electron chi connectivity index (χ2n) is 4.27. The van der Waals surface area contributed by atoms with Gasteiger partial charge in [-0.05, 0) is 12.0 Å². The first-order chi connectivity index (χ1) is 9.17. The van der Waals surface area contributed by atoms with Crippen LogP contribution in [-0.4, -0.2) is 20.5 Å². The van der Waals surface area contributed by atoms with Gasteiger partial charge in [0, 0.05) is 18.0 Å². The molecule has 1 aromatic carbocycles. The summed E-state index contributed by atoms with van der Waals surface area (Å²) in [6.07, 6.45) is 4.47. The monoisotopic (exact) mass is 272 g/mol. The van der Waals surface area contributed by atoms with E-state index < -0.39 is 5.97 Å². The lowest BCUT2D eigenvalue weighted by Crippen LogP contribution is -1.90. The molecule has 19 heavy (non-hydrogen) atoms. The molecule has 0 atom stereocenters. The first-order valence-electron chi connectivity index (χ1n) is 5.98. The molecule has 0 amide bonds. The zero-order valence-corrected chi connectivity index (χ0v) is 11.1. The number of imidazole rings is 1. The minimum absolute atomic E-state index is 0.301. The number of aromatic nitrogens is 2. The number of carboxylic acid groups (broad SMARTS) is 1. The molecule has 1 N–H and O–H groups in total. The molecule has 0 bridgehead atoms. The van der Waals surface area contributed by atoms with Crippen molar-refractivity contribution in [2.75, 3.05) is 0 Å². The second-order valence-corrected chi connectivity index (χ2v) is 5.28. The summed E-state index contributed by atoms with van der Waals surface area (Å²) >= 11 is 1.18. The van der Waals surface area contributed by atoms with E-state index in [9.17, 15) is 4.79 Å². The van der Waals surface area contributed by atoms with Crippen LogP contribution in [-0.2, 0) is 6.42 Å². The molecular formula is C14H12N2O2S. The molecule has 5 heteroatoms. The van der Waals surface area contributed by atoms with Crippen LogP contribution in [0.3, 0.4) is 0 Å². The highest BCUT2D eigenvalue weighted by atomic mass is 32.1. The number of carboxylic acids is 1. The van der Waals surface area contributed by atoms with Crippen LogP contribution in [0, 0.1) is 0 Å². The van der Waals surface area contributed by atoms with Crippen LogP contribution in [0.4, 0.5) is 0 Å². The van der Waals surface area contributed by atoms with Gasteiger partial charge in [0.1, 0.15) is 4.88 Å². The number of fused-ring (bicyclic) bond motifs is 1. The summed E-state index contributed by atoms with van der Waals surface area (Å²) in [6, 6.07) is 8.27. The van der Waals surface area contributed by atoms with Crippen molar-refractivity contribution < 1.29 is 9.90 Å². The fourth-order valence-electron chi connectivity index (χ4n) is 1.94. The average Bonchev–Trinajstić information content (AvgIpc) is 2.97. The second kappa shape index (κ2) is 4.51. The number of benzene rings is 1. The normalized spacial score (nSPS) is 11.0. The Labute approximate surface area is 114 Å². The number of hydrogen-bond acceptors (Lipinski definition) is 3. The Morgan fingerprint density at radius 3 is 2.63 bits per heavy atom. The number of aromatic carboxylic acids is 1. The molecule has 0 unspecified atom stereocenters. The lowest BCUT2D eigenvalue weighted by Gasteiger charge is -1.98. The topological polar surface area (TPSA) is 54.6 Å². The quantitative estimate of drug-likeness (QED) is 0.795. The van der Waals surface area contributed by atoms with Crippen LogP contribution in [0.5, 0.6) is 0 Å². The third-order valence-electron chi connectivity index (χ3n) is 3.02. The summed E-state index contributed by atoms with van der Waals surface area (Å²) in [4.78, 5) is 16.3. The molecule has 0 aliphatic rings. The molecule has 0 saturated heterocycles. The van der Waals surface area contributed by atoms with Gasteiger partial charge in [-0.15, -0.1) is 0 Å². The fourth-order valence-corrected chi connectivity index (χ4v) is 2.75. The molecule has 0 radical (unpaired) electrons. The Bertz CT molecular complexity index is 709. The highest BCUT2D eigenvalue weighted by Crippen LogP contribution is 2.24. The zero-order valence-electron chi connectivity index (χ0n) is 10.3. The molecule has 2 aromatic heterocycles. The number of aryl methyl sites for hydroxylation is 1. The van der Waals surface area contributed by atoms with Gasteiger partial charge in [-0.25, -0.2) is 9.78 Å². The summed E-state index contributed by atoms with van der Waals surface area (Å²) in [6.45, 7) is 2.12. The van der Waals surface area contributed by atoms with Gasteiger partial charge in [0.05, 0.1) is 5.69 Å². The highest BCUT2D eigenvalue weighted by Gasteiger charge is 2.11. The van der Waals surface area contributed by atoms with Gasteiger partial charge in [-0.1, -0.05) is 42.5 Å². The van der Waals surface area contributed by atoms with Crippen LogP contribution < -0.4 is 0 Å². The predicted molar refractivity (Wildman–Crippen MR) is 74.8 cm³/mol. The molecule has 4 nitrogen and oxygen atoms in total. The van der Waals surface area contributed by atoms with E-state index in [1.807, 2.05) is 18.3 Å². The van der Waals surface area contributed by atoms with Crippen molar-refractivity contribution in [3.63, 3.8) is 0 Å². The smallest absolute Gasteiger partial charge is 0.347 e. The van der Waals surface area contributed by atoms with Gasteiger partial charge in [0.2, 0.25) is 0 Å². The molecule has 0 spiro atoms. The summed E-state index contributed by atoms with van der Waals surface area (Å²) in [5.41, 5.74) is 3.20. The summed E-state index contributed by atoms with van der Waals surface area (Å²) in [5.74, 6) is -0.913. The Morgan fingerprint density at radius 1 is 1.32 bits per heavy atom. The maximum atomic E-state index is 10.9. The molecule has 0 saturated carbocycles. The molecule has 96 valence electrons. The van der Waals surface area contributed by atoms with E-state index in [0.29, 0.717) is 9.84 Å². The molecular weight excluding hydrogens is 260 g/mol. The average molecular weight is 272 g/mol. The number of carbonyl (C=O) groups is 1. The maximum Gasteiger partial charge on any atom is 0.347 e. The van der Waals surface area contributed by atoms with Crippen molar-refractivity contribution in [3.8, 4) is 11.3 Å². The first-order valence-corrected chi connectivity index (χ1v) is 6.80. The van der Waals surface area contributed by atoms with Gasteiger partial charge in [0.25, 0.3) is 0 Å². The first kappa shape index (κ1) is 11.9. The van der Waals surface area contributed by atoms with E-state index in [4.69, 9.17) is 5.11 Å². The molecule has 3 aromatic rings. The molecule has 0 fully saturated rings. The third-order valence-corrected chi connectivity index (χ3v) is 4.01. The van der Waals surface area contributed by atoms with Crippen molar-refractivity contribution >= 4 is 22.3 Å². The van der Waals surface area contributed by atoms with Crippen LogP contribution in [0.15, 0.2) is 36.7 Å². The van der Waals surface area contributed by atoms with Crippen LogP contribution in [0.2, 0.25) is 0 Å². The Kier molecular flexibility index (Phi) is 2.83. The van der Waals surface area contributed by atoms with Crippen molar-refractivity contribution in [1.29, 1.82) is 0 Å². The van der Waals surface area contributed by atoms with Crippen LogP contribution in [0.25, 0.3) is 16.2 Å². The van der Waals surface area contributed by atoms with E-state index >= 15 is 0 Å². The SMILES string of the molecule is CCc1ccc(-c2cn3cc(C(=O)O)sc3n2)cc1. The molecule has 0 aliphatic carbocycles. The van der Waals surface area contributed by atoms with Crippen LogP contribution >= 0.6 is 11.3 Å². The predicted octanol–water partition coefficient (Wildman–Crippen LogP) is 3.32. The Hall–Kier alpha value is -2.14. The number of nitrogens with zero attached hydrogens (tertiary/aromatic N) is 2. The number of hydrogen-bond donors (Lipinski definition) is 1. The summed E-state index contributed by atoms with van der Waals surface area (Å²) in [5, 5.41) is 8.92. The standard InChI is InChI=1S/C14H12N2O2S/c1-2-9-3-5-10(6-4-9)11-7-16-8-12(13(17)18)19-14(16)15-11/h3-8H,2H2,1H3,(H,17,18).